The summed E-state index contributed by atoms with van der Waals surface area (Å²) in [6, 6.07) is 31.8. The molecule has 0 aliphatic heterocycles. The van der Waals surface area contributed by atoms with E-state index in [0.717, 1.165) is 17.0 Å². The molecule has 4 nitrogen and oxygen atoms in total. The third-order valence-electron chi connectivity index (χ3n) is 6.11. The van der Waals surface area contributed by atoms with Gasteiger partial charge in [0.25, 0.3) is 0 Å². The first-order valence-electron chi connectivity index (χ1n) is 10.7. The van der Waals surface area contributed by atoms with Crippen LogP contribution in [0.15, 0.2) is 97.2 Å². The highest BCUT2D eigenvalue weighted by Crippen LogP contribution is 2.36. The Morgan fingerprint density at radius 2 is 1.28 bits per heavy atom. The molecule has 4 heteroatoms. The van der Waals surface area contributed by atoms with Gasteiger partial charge in [-0.2, -0.15) is 0 Å². The molecule has 0 radical (unpaired) electrons. The molecule has 6 rings (SSSR count). The van der Waals surface area contributed by atoms with Crippen molar-refractivity contribution in [1.29, 1.82) is 0 Å². The molecular formula is C28H21N3O. The van der Waals surface area contributed by atoms with Gasteiger partial charge in [0.1, 0.15) is 11.4 Å². The van der Waals surface area contributed by atoms with Crippen molar-refractivity contribution in [2.75, 3.05) is 7.11 Å². The Hall–Kier alpha value is -4.18. The van der Waals surface area contributed by atoms with E-state index in [2.05, 4.69) is 77.0 Å². The fourth-order valence-corrected chi connectivity index (χ4v) is 4.61. The van der Waals surface area contributed by atoms with E-state index in [4.69, 9.17) is 4.74 Å². The van der Waals surface area contributed by atoms with E-state index < -0.39 is 0 Å². The molecule has 0 atom stereocenters. The van der Waals surface area contributed by atoms with Crippen LogP contribution in [0.4, 0.5) is 0 Å². The SMILES string of the molecule is COc1ccc(-c2cn(Cc3cccc4c5ccccc5c5ccccc5c34)nn2)cc1. The van der Waals surface area contributed by atoms with Crippen LogP contribution in [0.1, 0.15) is 5.56 Å². The quantitative estimate of drug-likeness (QED) is 0.310. The first-order chi connectivity index (χ1) is 15.8. The molecule has 32 heavy (non-hydrogen) atoms. The van der Waals surface area contributed by atoms with Crippen LogP contribution in [-0.4, -0.2) is 22.1 Å². The molecule has 154 valence electrons. The largest absolute Gasteiger partial charge is 0.497 e. The minimum absolute atomic E-state index is 0.656. The van der Waals surface area contributed by atoms with Crippen molar-refractivity contribution in [2.45, 2.75) is 6.54 Å². The van der Waals surface area contributed by atoms with Crippen molar-refractivity contribution in [3.8, 4) is 17.0 Å². The lowest BCUT2D eigenvalue weighted by atomic mass is 9.92. The van der Waals surface area contributed by atoms with Crippen molar-refractivity contribution < 1.29 is 4.74 Å². The number of benzene rings is 5. The summed E-state index contributed by atoms with van der Waals surface area (Å²) in [5.41, 5.74) is 3.10. The van der Waals surface area contributed by atoms with Crippen LogP contribution in [0.5, 0.6) is 5.75 Å². The van der Waals surface area contributed by atoms with Crippen LogP contribution in [-0.2, 0) is 6.54 Å². The minimum Gasteiger partial charge on any atom is -0.497 e. The van der Waals surface area contributed by atoms with Gasteiger partial charge >= 0.3 is 0 Å². The molecule has 0 bridgehead atoms. The Bertz CT molecular complexity index is 1540. The van der Waals surface area contributed by atoms with E-state index in [9.17, 15) is 0 Å². The predicted molar refractivity (Wildman–Crippen MR) is 130 cm³/mol. The number of fused-ring (bicyclic) bond motifs is 6. The van der Waals surface area contributed by atoms with Gasteiger partial charge in [0, 0.05) is 5.56 Å². The molecule has 1 heterocycles. The molecule has 1 aromatic heterocycles. The number of hydrogen-bond donors (Lipinski definition) is 0. The van der Waals surface area contributed by atoms with Gasteiger partial charge in [-0.25, -0.2) is 4.68 Å². The number of ether oxygens (including phenoxy) is 1. The Labute approximate surface area is 185 Å². The normalized spacial score (nSPS) is 11.4. The van der Waals surface area contributed by atoms with Crippen molar-refractivity contribution in [2.24, 2.45) is 0 Å². The van der Waals surface area contributed by atoms with E-state index in [-0.39, 0.29) is 0 Å². The molecule has 0 saturated carbocycles. The monoisotopic (exact) mass is 415 g/mol. The van der Waals surface area contributed by atoms with Gasteiger partial charge in [-0.3, -0.25) is 0 Å². The average Bonchev–Trinajstić information content (AvgIpc) is 3.33. The van der Waals surface area contributed by atoms with E-state index in [1.807, 2.05) is 35.1 Å². The Morgan fingerprint density at radius 3 is 1.94 bits per heavy atom. The summed E-state index contributed by atoms with van der Waals surface area (Å²) < 4.78 is 7.17. The van der Waals surface area contributed by atoms with Crippen LogP contribution in [0.3, 0.4) is 0 Å². The third-order valence-corrected chi connectivity index (χ3v) is 6.11. The van der Waals surface area contributed by atoms with Gasteiger partial charge in [-0.05, 0) is 62.1 Å². The second-order valence-corrected chi connectivity index (χ2v) is 7.96. The average molecular weight is 415 g/mol. The van der Waals surface area contributed by atoms with Crippen molar-refractivity contribution >= 4 is 32.3 Å². The smallest absolute Gasteiger partial charge is 0.118 e. The van der Waals surface area contributed by atoms with E-state index in [1.165, 1.54) is 37.9 Å². The molecular weight excluding hydrogens is 394 g/mol. The maximum atomic E-state index is 5.25. The summed E-state index contributed by atoms with van der Waals surface area (Å²) in [4.78, 5) is 0. The highest BCUT2D eigenvalue weighted by molar-refractivity contribution is 6.26. The molecule has 0 saturated heterocycles. The van der Waals surface area contributed by atoms with Crippen LogP contribution < -0.4 is 4.74 Å². The highest BCUT2D eigenvalue weighted by atomic mass is 16.5. The second kappa shape index (κ2) is 7.50. The van der Waals surface area contributed by atoms with Crippen LogP contribution in [0, 0.1) is 0 Å². The lowest BCUT2D eigenvalue weighted by Crippen LogP contribution is -2.01. The lowest BCUT2D eigenvalue weighted by molar-refractivity contribution is 0.415. The summed E-state index contributed by atoms with van der Waals surface area (Å²) in [5.74, 6) is 0.830. The zero-order valence-electron chi connectivity index (χ0n) is 17.7. The summed E-state index contributed by atoms with van der Waals surface area (Å²) >= 11 is 0. The molecule has 0 fully saturated rings. The highest BCUT2D eigenvalue weighted by Gasteiger charge is 2.12. The molecule has 0 aliphatic carbocycles. The minimum atomic E-state index is 0.656. The maximum Gasteiger partial charge on any atom is 0.118 e. The van der Waals surface area contributed by atoms with Crippen molar-refractivity contribution in [3.05, 3.63) is 103 Å². The maximum absolute atomic E-state index is 5.25. The zero-order chi connectivity index (χ0) is 21.5. The Morgan fingerprint density at radius 1 is 0.688 bits per heavy atom. The van der Waals surface area contributed by atoms with Gasteiger partial charge in [0.2, 0.25) is 0 Å². The standard InChI is InChI=1S/C28H21N3O/c1-32-21-15-13-19(14-16-21)27-18-31(30-29-27)17-20-7-6-12-26-24-9-3-2-8-22(24)23-10-4-5-11-25(23)28(20)26/h2-16,18H,17H2,1H3. The topological polar surface area (TPSA) is 39.9 Å². The predicted octanol–water partition coefficient (Wildman–Crippen LogP) is 6.46. The van der Waals surface area contributed by atoms with Gasteiger partial charge < -0.3 is 4.74 Å². The number of aromatic nitrogens is 3. The first-order valence-corrected chi connectivity index (χ1v) is 10.7. The van der Waals surface area contributed by atoms with Crippen LogP contribution >= 0.6 is 0 Å². The summed E-state index contributed by atoms with van der Waals surface area (Å²) in [6.45, 7) is 0.656. The molecule has 0 unspecified atom stereocenters. The van der Waals surface area contributed by atoms with Crippen molar-refractivity contribution in [3.63, 3.8) is 0 Å². The van der Waals surface area contributed by atoms with Crippen LogP contribution in [0.2, 0.25) is 0 Å². The van der Waals surface area contributed by atoms with Crippen LogP contribution in [0.25, 0.3) is 43.6 Å². The fourth-order valence-electron chi connectivity index (χ4n) is 4.61. The molecule has 6 aromatic rings. The molecule has 0 aliphatic rings. The van der Waals surface area contributed by atoms with Crippen molar-refractivity contribution in [1.82, 2.24) is 15.0 Å². The number of nitrogens with zero attached hydrogens (tertiary/aromatic N) is 3. The van der Waals surface area contributed by atoms with E-state index >= 15 is 0 Å². The molecule has 0 amide bonds. The second-order valence-electron chi connectivity index (χ2n) is 7.96. The number of methoxy groups -OCH3 is 1. The van der Waals surface area contributed by atoms with Gasteiger partial charge in [0.15, 0.2) is 0 Å². The zero-order valence-corrected chi connectivity index (χ0v) is 17.7. The van der Waals surface area contributed by atoms with Gasteiger partial charge in [0.05, 0.1) is 19.9 Å². The number of rotatable bonds is 4. The molecule has 0 N–H and O–H groups in total. The van der Waals surface area contributed by atoms with Gasteiger partial charge in [-0.1, -0.05) is 71.9 Å². The van der Waals surface area contributed by atoms with E-state index in [1.54, 1.807) is 7.11 Å². The fraction of sp³-hybridized carbons (Fsp3) is 0.0714. The summed E-state index contributed by atoms with van der Waals surface area (Å²) in [5, 5.41) is 16.5. The third kappa shape index (κ3) is 3.00. The van der Waals surface area contributed by atoms with Gasteiger partial charge in [-0.15, -0.1) is 5.10 Å². The molecule has 0 spiro atoms. The lowest BCUT2D eigenvalue weighted by Gasteiger charge is -2.14. The Kier molecular flexibility index (Phi) is 4.36. The summed E-state index contributed by atoms with van der Waals surface area (Å²) in [6.07, 6.45) is 2.00. The molecule has 5 aromatic carbocycles. The number of hydrogen-bond acceptors (Lipinski definition) is 3. The first kappa shape index (κ1) is 18.6. The Balaban J connectivity index is 1.48. The van der Waals surface area contributed by atoms with E-state index in [0.29, 0.717) is 6.54 Å². The summed E-state index contributed by atoms with van der Waals surface area (Å²) in [7, 11) is 1.67.